The smallest absolute Gasteiger partial charge is 0.270 e. The normalized spacial score (nSPS) is 11.2. The second-order valence-electron chi connectivity index (χ2n) is 6.42. The van der Waals surface area contributed by atoms with Gasteiger partial charge in [0, 0.05) is 17.7 Å². The van der Waals surface area contributed by atoms with E-state index in [0.29, 0.717) is 11.3 Å². The van der Waals surface area contributed by atoms with Gasteiger partial charge in [-0.05, 0) is 29.2 Å². The first-order valence-electron chi connectivity index (χ1n) is 7.32. The third-order valence-electron chi connectivity index (χ3n) is 3.72. The van der Waals surface area contributed by atoms with E-state index in [1.165, 1.54) is 25.3 Å². The molecule has 0 heterocycles. The predicted octanol–water partition coefficient (Wildman–Crippen LogP) is 4.79. The van der Waals surface area contributed by atoms with Gasteiger partial charge in [0.25, 0.3) is 5.69 Å². The van der Waals surface area contributed by atoms with Crippen molar-refractivity contribution in [1.82, 2.24) is 0 Å². The molecule has 24 heavy (non-hydrogen) atoms. The summed E-state index contributed by atoms with van der Waals surface area (Å²) in [4.78, 5) is 23.3. The molecular weight excluding hydrogens is 330 g/mol. The number of ether oxygens (including phenoxy) is 1. The number of methoxy groups -OCH3 is 1. The first kappa shape index (κ1) is 17.9. The maximum Gasteiger partial charge on any atom is 0.270 e. The Hall–Kier alpha value is -2.40. The molecule has 0 saturated carbocycles. The molecule has 0 aliphatic heterocycles. The number of nitro benzene ring substituents is 1. The molecule has 0 unspecified atom stereocenters. The molecule has 0 radical (unpaired) electrons. The van der Waals surface area contributed by atoms with Gasteiger partial charge in [-0.25, -0.2) is 0 Å². The molecule has 0 fully saturated rings. The molecule has 0 saturated heterocycles. The monoisotopic (exact) mass is 347 g/mol. The summed E-state index contributed by atoms with van der Waals surface area (Å²) >= 11 is 6.09. The SMILES string of the molecule is COc1ccc(C(C)(C)C)cc1C(=O)c1cc([N+](=O)[O-])ccc1Cl. The molecule has 6 heteroatoms. The number of benzene rings is 2. The van der Waals surface area contributed by atoms with E-state index < -0.39 is 10.7 Å². The predicted molar refractivity (Wildman–Crippen MR) is 93.2 cm³/mol. The summed E-state index contributed by atoms with van der Waals surface area (Å²) in [6, 6.07) is 9.17. The molecule has 2 rings (SSSR count). The zero-order valence-corrected chi connectivity index (χ0v) is 14.7. The highest BCUT2D eigenvalue weighted by Crippen LogP contribution is 2.32. The van der Waals surface area contributed by atoms with Crippen molar-refractivity contribution < 1.29 is 14.5 Å². The van der Waals surface area contributed by atoms with Crippen LogP contribution in [0.25, 0.3) is 0 Å². The summed E-state index contributed by atoms with van der Waals surface area (Å²) in [6.07, 6.45) is 0. The van der Waals surface area contributed by atoms with Gasteiger partial charge in [-0.15, -0.1) is 0 Å². The van der Waals surface area contributed by atoms with Crippen LogP contribution in [-0.2, 0) is 5.41 Å². The summed E-state index contributed by atoms with van der Waals surface area (Å²) in [6.45, 7) is 6.09. The maximum absolute atomic E-state index is 12.9. The minimum Gasteiger partial charge on any atom is -0.496 e. The van der Waals surface area contributed by atoms with Crippen LogP contribution in [0.3, 0.4) is 0 Å². The second-order valence-corrected chi connectivity index (χ2v) is 6.82. The first-order chi connectivity index (χ1) is 11.1. The number of carbonyl (C=O) groups is 1. The summed E-state index contributed by atoms with van der Waals surface area (Å²) < 4.78 is 5.28. The summed E-state index contributed by atoms with van der Waals surface area (Å²) in [5.74, 6) is -0.0118. The van der Waals surface area contributed by atoms with Crippen LogP contribution >= 0.6 is 11.6 Å². The van der Waals surface area contributed by atoms with Crippen LogP contribution in [0.4, 0.5) is 5.69 Å². The number of halogens is 1. The van der Waals surface area contributed by atoms with Gasteiger partial charge >= 0.3 is 0 Å². The molecule has 2 aromatic carbocycles. The van der Waals surface area contributed by atoms with Gasteiger partial charge < -0.3 is 4.74 Å². The number of ketones is 1. The average molecular weight is 348 g/mol. The summed E-state index contributed by atoms with van der Waals surface area (Å²) in [7, 11) is 1.47. The molecule has 126 valence electrons. The van der Waals surface area contributed by atoms with Crippen LogP contribution in [0.1, 0.15) is 42.3 Å². The Morgan fingerprint density at radius 1 is 1.12 bits per heavy atom. The Morgan fingerprint density at radius 3 is 2.33 bits per heavy atom. The number of hydrogen-bond acceptors (Lipinski definition) is 4. The molecule has 0 spiro atoms. The Bertz CT molecular complexity index is 809. The lowest BCUT2D eigenvalue weighted by molar-refractivity contribution is -0.384. The van der Waals surface area contributed by atoms with Crippen LogP contribution in [0.15, 0.2) is 36.4 Å². The largest absolute Gasteiger partial charge is 0.496 e. The third-order valence-corrected chi connectivity index (χ3v) is 4.05. The van der Waals surface area contributed by atoms with Crippen molar-refractivity contribution in [3.05, 3.63) is 68.2 Å². The number of nitro groups is 1. The fourth-order valence-corrected chi connectivity index (χ4v) is 2.50. The van der Waals surface area contributed by atoms with Crippen molar-refractivity contribution >= 4 is 23.1 Å². The minimum atomic E-state index is -0.560. The summed E-state index contributed by atoms with van der Waals surface area (Å²) in [5, 5.41) is 11.1. The number of rotatable bonds is 4. The molecule has 0 aliphatic carbocycles. The highest BCUT2D eigenvalue weighted by atomic mass is 35.5. The molecule has 0 aliphatic rings. The Labute approximate surface area is 145 Å². The minimum absolute atomic E-state index is 0.0789. The molecule has 0 atom stereocenters. The van der Waals surface area contributed by atoms with Crippen LogP contribution in [0.2, 0.25) is 5.02 Å². The van der Waals surface area contributed by atoms with E-state index in [1.54, 1.807) is 12.1 Å². The second kappa shape index (κ2) is 6.61. The van der Waals surface area contributed by atoms with Crippen molar-refractivity contribution in [2.45, 2.75) is 26.2 Å². The fraction of sp³-hybridized carbons (Fsp3) is 0.278. The topological polar surface area (TPSA) is 69.4 Å². The zero-order chi connectivity index (χ0) is 18.1. The van der Waals surface area contributed by atoms with Crippen molar-refractivity contribution in [3.63, 3.8) is 0 Å². The fourth-order valence-electron chi connectivity index (χ4n) is 2.30. The highest BCUT2D eigenvalue weighted by Gasteiger charge is 2.23. The first-order valence-corrected chi connectivity index (χ1v) is 7.70. The highest BCUT2D eigenvalue weighted by molar-refractivity contribution is 6.35. The Morgan fingerprint density at radius 2 is 1.79 bits per heavy atom. The van der Waals surface area contributed by atoms with Crippen LogP contribution in [0.5, 0.6) is 5.75 Å². The van der Waals surface area contributed by atoms with Crippen molar-refractivity contribution in [2.24, 2.45) is 0 Å². The van der Waals surface area contributed by atoms with Gasteiger partial charge in [0.2, 0.25) is 0 Å². The van der Waals surface area contributed by atoms with Crippen molar-refractivity contribution in [3.8, 4) is 5.75 Å². The number of nitrogens with zero attached hydrogens (tertiary/aromatic N) is 1. The molecular formula is C18H18ClNO4. The van der Waals surface area contributed by atoms with Crippen LogP contribution in [-0.4, -0.2) is 17.8 Å². The van der Waals surface area contributed by atoms with Gasteiger partial charge in [-0.1, -0.05) is 38.4 Å². The van der Waals surface area contributed by atoms with Crippen LogP contribution < -0.4 is 4.74 Å². The molecule has 0 N–H and O–H groups in total. The van der Waals surface area contributed by atoms with E-state index in [1.807, 2.05) is 26.8 Å². The lowest BCUT2D eigenvalue weighted by Crippen LogP contribution is -2.13. The van der Waals surface area contributed by atoms with Gasteiger partial charge in [0.05, 0.1) is 22.6 Å². The maximum atomic E-state index is 12.9. The number of carbonyl (C=O) groups excluding carboxylic acids is 1. The van der Waals surface area contributed by atoms with Crippen molar-refractivity contribution in [1.29, 1.82) is 0 Å². The van der Waals surface area contributed by atoms with Gasteiger partial charge in [-0.2, -0.15) is 0 Å². The molecule has 5 nitrogen and oxygen atoms in total. The lowest BCUT2D eigenvalue weighted by Gasteiger charge is -2.21. The molecule has 2 aromatic rings. The molecule has 0 aromatic heterocycles. The van der Waals surface area contributed by atoms with E-state index in [0.717, 1.165) is 5.56 Å². The quantitative estimate of drug-likeness (QED) is 0.453. The average Bonchev–Trinajstić information content (AvgIpc) is 2.52. The zero-order valence-electron chi connectivity index (χ0n) is 13.9. The van der Waals surface area contributed by atoms with Crippen LogP contribution in [0, 0.1) is 10.1 Å². The lowest BCUT2D eigenvalue weighted by atomic mass is 9.85. The van der Waals surface area contributed by atoms with E-state index in [2.05, 4.69) is 0 Å². The Kier molecular flexibility index (Phi) is 4.94. The molecule has 0 bridgehead atoms. The standard InChI is InChI=1S/C18H18ClNO4/c1-18(2,3)11-5-8-16(24-4)14(9-11)17(21)13-10-12(20(22)23)6-7-15(13)19/h5-10H,1-4H3. The van der Waals surface area contributed by atoms with E-state index >= 15 is 0 Å². The number of non-ortho nitro benzene ring substituents is 1. The third kappa shape index (κ3) is 3.57. The van der Waals surface area contributed by atoms with Gasteiger partial charge in [0.15, 0.2) is 5.78 Å². The Balaban J connectivity index is 2.61. The molecule has 0 amide bonds. The van der Waals surface area contributed by atoms with Crippen molar-refractivity contribution in [2.75, 3.05) is 7.11 Å². The van der Waals surface area contributed by atoms with E-state index in [4.69, 9.17) is 16.3 Å². The summed E-state index contributed by atoms with van der Waals surface area (Å²) in [5.41, 5.74) is 1.01. The van der Waals surface area contributed by atoms with Gasteiger partial charge in [0.1, 0.15) is 5.75 Å². The van der Waals surface area contributed by atoms with E-state index in [-0.39, 0.29) is 21.7 Å². The van der Waals surface area contributed by atoms with Gasteiger partial charge in [-0.3, -0.25) is 14.9 Å². The number of hydrogen-bond donors (Lipinski definition) is 0. The van der Waals surface area contributed by atoms with E-state index in [9.17, 15) is 14.9 Å².